The van der Waals surface area contributed by atoms with Gasteiger partial charge in [-0.2, -0.15) is 13.2 Å². The van der Waals surface area contributed by atoms with E-state index in [9.17, 15) is 26.3 Å². The van der Waals surface area contributed by atoms with Gasteiger partial charge >= 0.3 is 6.18 Å². The Labute approximate surface area is 189 Å². The fourth-order valence-electron chi connectivity index (χ4n) is 4.45. The van der Waals surface area contributed by atoms with Crippen LogP contribution in [0.4, 0.5) is 26.3 Å². The van der Waals surface area contributed by atoms with E-state index in [0.717, 1.165) is 44.2 Å². The highest BCUT2D eigenvalue weighted by Crippen LogP contribution is 2.40. The number of hydrogen-bond donors (Lipinski definition) is 0. The molecule has 0 bridgehead atoms. The van der Waals surface area contributed by atoms with Crippen molar-refractivity contribution in [3.63, 3.8) is 0 Å². The van der Waals surface area contributed by atoms with Crippen molar-refractivity contribution in [3.8, 4) is 11.1 Å². The first kappa shape index (κ1) is 24.7. The number of alkyl halides is 3. The predicted octanol–water partition coefficient (Wildman–Crippen LogP) is 9.46. The molecule has 0 radical (unpaired) electrons. The molecule has 32 heavy (non-hydrogen) atoms. The van der Waals surface area contributed by atoms with Gasteiger partial charge in [0.05, 0.1) is 10.6 Å². The largest absolute Gasteiger partial charge is 0.409 e. The Balaban J connectivity index is 1.84. The quantitative estimate of drug-likeness (QED) is 0.366. The molecule has 0 amide bonds. The zero-order valence-electron chi connectivity index (χ0n) is 17.7. The second-order valence-electron chi connectivity index (χ2n) is 8.45. The summed E-state index contributed by atoms with van der Waals surface area (Å²) in [4.78, 5) is 0. The Kier molecular flexibility index (Phi) is 7.97. The van der Waals surface area contributed by atoms with Crippen LogP contribution in [0.2, 0.25) is 5.02 Å². The SMILES string of the molecule is CCCCC1CCC(c2cc(F)c(-c3cc(F)c(/C=C/C(F)(F)F)c(Cl)c3)c(F)c2)CC1. The van der Waals surface area contributed by atoms with Crippen LogP contribution in [0.5, 0.6) is 0 Å². The van der Waals surface area contributed by atoms with Gasteiger partial charge in [0.1, 0.15) is 17.5 Å². The summed E-state index contributed by atoms with van der Waals surface area (Å²) in [7, 11) is 0. The van der Waals surface area contributed by atoms with Gasteiger partial charge < -0.3 is 0 Å². The van der Waals surface area contributed by atoms with E-state index < -0.39 is 34.8 Å². The molecule has 1 fully saturated rings. The highest BCUT2D eigenvalue weighted by Gasteiger charge is 2.25. The summed E-state index contributed by atoms with van der Waals surface area (Å²) < 4.78 is 81.3. The first-order chi connectivity index (χ1) is 15.1. The molecule has 0 atom stereocenters. The van der Waals surface area contributed by atoms with E-state index in [1.54, 1.807) is 0 Å². The van der Waals surface area contributed by atoms with E-state index >= 15 is 0 Å². The zero-order chi connectivity index (χ0) is 23.5. The van der Waals surface area contributed by atoms with Crippen LogP contribution in [0.1, 0.15) is 68.9 Å². The van der Waals surface area contributed by atoms with Crippen LogP contribution >= 0.6 is 11.6 Å². The van der Waals surface area contributed by atoms with Crippen molar-refractivity contribution in [1.82, 2.24) is 0 Å². The predicted molar refractivity (Wildman–Crippen MR) is 116 cm³/mol. The van der Waals surface area contributed by atoms with E-state index in [0.29, 0.717) is 17.6 Å². The molecule has 0 spiro atoms. The van der Waals surface area contributed by atoms with Crippen molar-refractivity contribution in [2.45, 2.75) is 64.0 Å². The molecule has 1 aliphatic rings. The van der Waals surface area contributed by atoms with Crippen LogP contribution in [0.25, 0.3) is 17.2 Å². The van der Waals surface area contributed by atoms with Crippen molar-refractivity contribution < 1.29 is 26.3 Å². The molecule has 0 aromatic heterocycles. The number of benzene rings is 2. The molecular weight excluding hydrogens is 450 g/mol. The second kappa shape index (κ2) is 10.3. The molecular formula is C25H25ClF6. The summed E-state index contributed by atoms with van der Waals surface area (Å²) >= 11 is 5.92. The van der Waals surface area contributed by atoms with Gasteiger partial charge in [-0.05, 0) is 79.0 Å². The lowest BCUT2D eigenvalue weighted by molar-refractivity contribution is -0.0790. The third-order valence-corrected chi connectivity index (χ3v) is 6.47. The number of hydrogen-bond acceptors (Lipinski definition) is 0. The summed E-state index contributed by atoms with van der Waals surface area (Å²) in [6.45, 7) is 2.16. The molecule has 0 nitrogen and oxygen atoms in total. The standard InChI is InChI=1S/C25H25ClF6/c1-2-3-4-15-5-7-16(8-6-15)17-12-22(28)24(23(29)13-17)18-11-20(26)19(21(27)14-18)9-10-25(30,31)32/h9-16H,2-8H2,1H3/b10-9+. The summed E-state index contributed by atoms with van der Waals surface area (Å²) in [6, 6.07) is 4.42. The average Bonchev–Trinajstić information content (AvgIpc) is 2.70. The Bertz CT molecular complexity index is 925. The lowest BCUT2D eigenvalue weighted by Crippen LogP contribution is -2.14. The third-order valence-electron chi connectivity index (χ3n) is 6.16. The molecule has 0 unspecified atom stereocenters. The fourth-order valence-corrected chi connectivity index (χ4v) is 4.72. The topological polar surface area (TPSA) is 0 Å². The van der Waals surface area contributed by atoms with Gasteiger partial charge in [-0.15, -0.1) is 0 Å². The summed E-state index contributed by atoms with van der Waals surface area (Å²) in [6.07, 6.45) is 3.04. The minimum absolute atomic E-state index is 0.0705. The van der Waals surface area contributed by atoms with Crippen LogP contribution in [-0.2, 0) is 0 Å². The average molecular weight is 475 g/mol. The lowest BCUT2D eigenvalue weighted by Gasteiger charge is -2.29. The monoisotopic (exact) mass is 474 g/mol. The highest BCUT2D eigenvalue weighted by molar-refractivity contribution is 6.32. The van der Waals surface area contributed by atoms with Gasteiger partial charge in [0, 0.05) is 11.6 Å². The Hall–Kier alpha value is -1.95. The number of rotatable bonds is 6. The molecule has 7 heteroatoms. The molecule has 0 heterocycles. The Morgan fingerprint density at radius 3 is 2.09 bits per heavy atom. The van der Waals surface area contributed by atoms with Crippen LogP contribution in [0.3, 0.4) is 0 Å². The van der Waals surface area contributed by atoms with Crippen molar-refractivity contribution in [1.29, 1.82) is 0 Å². The molecule has 3 rings (SSSR count). The van der Waals surface area contributed by atoms with E-state index in [2.05, 4.69) is 6.92 Å². The fraction of sp³-hybridized carbons (Fsp3) is 0.440. The molecule has 2 aromatic carbocycles. The first-order valence-electron chi connectivity index (χ1n) is 10.8. The zero-order valence-corrected chi connectivity index (χ0v) is 18.5. The van der Waals surface area contributed by atoms with Crippen LogP contribution < -0.4 is 0 Å². The minimum Gasteiger partial charge on any atom is -0.206 e. The van der Waals surface area contributed by atoms with Gasteiger partial charge in [-0.1, -0.05) is 37.8 Å². The number of unbranched alkanes of at least 4 members (excludes halogenated alkanes) is 1. The van der Waals surface area contributed by atoms with E-state index in [4.69, 9.17) is 11.6 Å². The molecule has 1 aliphatic carbocycles. The van der Waals surface area contributed by atoms with Crippen molar-refractivity contribution in [2.24, 2.45) is 5.92 Å². The van der Waals surface area contributed by atoms with Crippen LogP contribution in [0, 0.1) is 23.4 Å². The Morgan fingerprint density at radius 1 is 0.938 bits per heavy atom. The van der Waals surface area contributed by atoms with E-state index in [1.165, 1.54) is 25.0 Å². The van der Waals surface area contributed by atoms with Crippen molar-refractivity contribution >= 4 is 17.7 Å². The van der Waals surface area contributed by atoms with Crippen LogP contribution in [-0.4, -0.2) is 6.18 Å². The third kappa shape index (κ3) is 6.09. The highest BCUT2D eigenvalue weighted by atomic mass is 35.5. The first-order valence-corrected chi connectivity index (χ1v) is 11.2. The lowest BCUT2D eigenvalue weighted by atomic mass is 9.77. The maximum absolute atomic E-state index is 14.9. The molecule has 1 saturated carbocycles. The maximum Gasteiger partial charge on any atom is 0.409 e. The van der Waals surface area contributed by atoms with Gasteiger partial charge in [-0.25, -0.2) is 13.2 Å². The molecule has 0 saturated heterocycles. The Morgan fingerprint density at radius 2 is 1.56 bits per heavy atom. The maximum atomic E-state index is 14.9. The summed E-state index contributed by atoms with van der Waals surface area (Å²) in [5.41, 5.74) is -0.530. The molecule has 174 valence electrons. The van der Waals surface area contributed by atoms with Gasteiger partial charge in [0.2, 0.25) is 0 Å². The smallest absolute Gasteiger partial charge is 0.206 e. The molecule has 2 aromatic rings. The summed E-state index contributed by atoms with van der Waals surface area (Å²) in [5, 5.41) is -0.367. The normalized spacial score (nSPS) is 19.6. The van der Waals surface area contributed by atoms with Crippen molar-refractivity contribution in [2.75, 3.05) is 0 Å². The van der Waals surface area contributed by atoms with Crippen molar-refractivity contribution in [3.05, 3.63) is 63.9 Å². The summed E-state index contributed by atoms with van der Waals surface area (Å²) in [5.74, 6) is -2.05. The second-order valence-corrected chi connectivity index (χ2v) is 8.86. The van der Waals surface area contributed by atoms with Gasteiger partial charge in [0.15, 0.2) is 0 Å². The number of allylic oxidation sites excluding steroid dienone is 1. The van der Waals surface area contributed by atoms with E-state index in [1.807, 2.05) is 0 Å². The minimum atomic E-state index is -4.64. The van der Waals surface area contributed by atoms with Gasteiger partial charge in [0.25, 0.3) is 0 Å². The van der Waals surface area contributed by atoms with E-state index in [-0.39, 0.29) is 22.6 Å². The number of halogens is 7. The molecule has 0 N–H and O–H groups in total. The van der Waals surface area contributed by atoms with Crippen LogP contribution in [0.15, 0.2) is 30.3 Å². The van der Waals surface area contributed by atoms with Gasteiger partial charge in [-0.3, -0.25) is 0 Å². The molecule has 0 aliphatic heterocycles.